The van der Waals surface area contributed by atoms with Crippen LogP contribution >= 0.6 is 39.1 Å². The first-order chi connectivity index (χ1) is 55.9. The Morgan fingerprint density at radius 3 is 1.81 bits per heavy atom. The Morgan fingerprint density at radius 1 is 0.482 bits per heavy atom. The predicted molar refractivity (Wildman–Crippen MR) is 405 cm³/mol. The monoisotopic (exact) mass is 1630 g/mol. The van der Waals surface area contributed by atoms with Gasteiger partial charge in [-0.25, -0.2) is 14.3 Å². The van der Waals surface area contributed by atoms with Gasteiger partial charge in [0.2, 0.25) is 34.2 Å². The van der Waals surface area contributed by atoms with Crippen LogP contribution in [-0.2, 0) is 0 Å². The molecule has 6 N–H and O–H groups in total. The number of nitrogens with zero attached hydrogens (tertiary/aromatic N) is 37. The fraction of sp³-hybridized carbons (Fsp3) is 0.0303. The Hall–Kier alpha value is -16.3. The van der Waals surface area contributed by atoms with E-state index in [1.807, 2.05) is 171 Å². The average Bonchev–Trinajstić information content (AvgIpc) is 1.58. The van der Waals surface area contributed by atoms with E-state index in [0.29, 0.717) is 56.7 Å². The van der Waals surface area contributed by atoms with Crippen molar-refractivity contribution < 1.29 is 9.90 Å². The van der Waals surface area contributed by atoms with Crippen molar-refractivity contribution in [1.29, 1.82) is 0 Å². The lowest BCUT2D eigenvalue weighted by Crippen LogP contribution is -2.19. The Labute approximate surface area is 652 Å². The largest absolute Gasteiger partial charge is 0.478 e. The SMILES string of the molecule is Brc1ccc2nnnn2c1.Cc1nc(-c2ccncc2)n2nnnc2c1Cl.Cc1nnc2nn[nH]n2c1=O.Clc1nnnn1-c1ccccc1.O=C(O)c1cccc(-c2nn[nH]n2)c1.c1ccc(-c2nn[nH]n2)cc1.c1ccc2c(-c3nn[nH]n3)nccc2c1.c1ccn2nnnc2c1.c1cnc2ccc(-c3nn[nH]n3)cc2c1. The van der Waals surface area contributed by atoms with Gasteiger partial charge in [0.15, 0.2) is 17.1 Å². The van der Waals surface area contributed by atoms with Gasteiger partial charge >= 0.3 is 5.97 Å². The molecule has 0 saturated carbocycles. The number of hydrogen-bond donors (Lipinski definition) is 6. The molecule has 16 aromatic heterocycles. The summed E-state index contributed by atoms with van der Waals surface area (Å²) in [7, 11) is 0. The maximum Gasteiger partial charge on any atom is 0.335 e. The van der Waals surface area contributed by atoms with Gasteiger partial charge in [-0.1, -0.05) is 119 Å². The molecule has 21 rings (SSSR count). The number of carbonyl (C=O) groups is 1. The number of fused-ring (bicyclic) bond motifs is 6. The van der Waals surface area contributed by atoms with E-state index in [9.17, 15) is 9.59 Å². The van der Waals surface area contributed by atoms with Crippen molar-refractivity contribution in [3.05, 3.63) is 267 Å². The highest BCUT2D eigenvalue weighted by molar-refractivity contribution is 9.10. The Bertz CT molecular complexity index is 6580. The third-order valence-corrected chi connectivity index (χ3v) is 16.0. The predicted octanol–water partition coefficient (Wildman–Crippen LogP) is 6.65. The molecule has 0 aliphatic rings. The minimum absolute atomic E-state index is 0.181. The second-order valence-corrected chi connectivity index (χ2v) is 23.8. The Kier molecular flexibility index (Phi) is 25.0. The van der Waals surface area contributed by atoms with Crippen LogP contribution in [0.4, 0.5) is 0 Å². The zero-order chi connectivity index (χ0) is 78.8. The highest BCUT2D eigenvalue weighted by Gasteiger charge is 2.15. The van der Waals surface area contributed by atoms with Gasteiger partial charge in [-0.15, -0.1) is 66.3 Å². The van der Waals surface area contributed by atoms with E-state index >= 15 is 0 Å². The zero-order valence-electron chi connectivity index (χ0n) is 58.3. The molecule has 21 aromatic rings. The Morgan fingerprint density at radius 2 is 1.11 bits per heavy atom. The number of hydrogen-bond acceptors (Lipinski definition) is 34. The molecular formula is C66H49BrCl2N42O3. The lowest BCUT2D eigenvalue weighted by Gasteiger charge is -2.05. The van der Waals surface area contributed by atoms with Gasteiger partial charge in [0.1, 0.15) is 16.4 Å². The molecule has 0 bridgehead atoms. The third kappa shape index (κ3) is 19.5. The number of tetrazole rings is 9. The van der Waals surface area contributed by atoms with E-state index in [1.165, 1.54) is 21.3 Å². The van der Waals surface area contributed by atoms with Gasteiger partial charge < -0.3 is 5.11 Å². The van der Waals surface area contributed by atoms with Crippen molar-refractivity contribution >= 4 is 89.5 Å². The van der Waals surface area contributed by atoms with Crippen LogP contribution < -0.4 is 5.56 Å². The van der Waals surface area contributed by atoms with E-state index in [4.69, 9.17) is 28.3 Å². The number of aromatic nitrogens is 42. The maximum absolute atomic E-state index is 11.1. The number of carboxylic acid groups (broad SMARTS) is 1. The average molecular weight is 1630 g/mol. The smallest absolute Gasteiger partial charge is 0.335 e. The van der Waals surface area contributed by atoms with Crippen LogP contribution in [0.2, 0.25) is 10.3 Å². The van der Waals surface area contributed by atoms with Crippen molar-refractivity contribution in [3.63, 3.8) is 0 Å². The van der Waals surface area contributed by atoms with Crippen molar-refractivity contribution in [3.8, 4) is 62.8 Å². The number of H-pyrrole nitrogens is 5. The summed E-state index contributed by atoms with van der Waals surface area (Å²) in [6.45, 7) is 3.39. The molecule has 16 heterocycles. The summed E-state index contributed by atoms with van der Waals surface area (Å²) < 4.78 is 8.28. The molecule has 0 radical (unpaired) electrons. The number of pyridine rings is 5. The van der Waals surface area contributed by atoms with Gasteiger partial charge in [-0.2, -0.15) is 44.3 Å². The number of para-hydroxylation sites is 1. The standard InChI is InChI=1S/C10H7ClN6.2C10H7N5.C8H6N4O2.C7H5ClN4.C7H6N4.C5H3BrN4.C5H4N4.C4H4N6O/c1-6-8(11)10-14-15-16-17(10)9(13-6)7-2-4-12-5-3-7;1-2-7-6-8(10-12-14-15-13-10)3-4-9(7)11-5-1;1-2-4-8-7(3-1)5-6-11-9(8)10-12-14-15-13-10;13-8(14)6-3-1-2-5(4-6)7-9-11-12-10-7;8-7-9-10-11-12(7)6-4-2-1-3-5-6;1-2-4-6(5-3-1)7-8-10-11-9-7;6-4-1-2-5-7-8-9-10(5)3-4;1-2-4-9-5(3-1)6-7-8-9;1-2-3(11)10-4(6-5-2)7-8-9-10/h2-5H,1H3;2*1-6H,(H,12,13,14,15);1-4H,(H,13,14)(H,9,10,11,12);1-5H;1-5H,(H,8,9,10,11);1-3H;1-4H;1H3,(H,6,7,9). The minimum atomic E-state index is -0.977. The molecule has 5 aromatic carbocycles. The van der Waals surface area contributed by atoms with Gasteiger partial charge in [-0.05, 0) is 206 Å². The van der Waals surface area contributed by atoms with Crippen LogP contribution in [0, 0.1) is 13.8 Å². The minimum Gasteiger partial charge on any atom is -0.478 e. The molecule has 0 spiro atoms. The quantitative estimate of drug-likeness (QED) is 0.0972. The molecule has 0 fully saturated rings. The van der Waals surface area contributed by atoms with Crippen molar-refractivity contribution in [2.24, 2.45) is 0 Å². The second kappa shape index (κ2) is 37.5. The van der Waals surface area contributed by atoms with Crippen molar-refractivity contribution in [2.45, 2.75) is 13.8 Å². The second-order valence-electron chi connectivity index (χ2n) is 22.2. The van der Waals surface area contributed by atoms with E-state index in [1.54, 1.807) is 65.3 Å². The first-order valence-electron chi connectivity index (χ1n) is 32.6. The summed E-state index contributed by atoms with van der Waals surface area (Å²) >= 11 is 15.1. The number of carboxylic acids is 1. The van der Waals surface area contributed by atoms with Crippen molar-refractivity contribution in [1.82, 2.24) is 213 Å². The van der Waals surface area contributed by atoms with Crippen LogP contribution in [-0.4, -0.2) is 224 Å². The third-order valence-electron chi connectivity index (χ3n) is 14.9. The molecule has 0 unspecified atom stereocenters. The number of nitrogens with one attached hydrogen (secondary N) is 5. The van der Waals surface area contributed by atoms with Crippen LogP contribution in [0.3, 0.4) is 0 Å². The van der Waals surface area contributed by atoms with E-state index in [0.717, 1.165) is 70.0 Å². The number of aromatic carboxylic acids is 1. The molecule has 562 valence electrons. The number of aromatic amines is 5. The van der Waals surface area contributed by atoms with Crippen LogP contribution in [0.15, 0.2) is 235 Å². The molecule has 0 saturated heterocycles. The lowest BCUT2D eigenvalue weighted by atomic mass is 10.1. The number of rotatable bonds is 7. The fourth-order valence-corrected chi connectivity index (χ4v) is 10.3. The van der Waals surface area contributed by atoms with Gasteiger partial charge in [-0.3, -0.25) is 19.7 Å². The summed E-state index contributed by atoms with van der Waals surface area (Å²) in [4.78, 5) is 38.7. The highest BCUT2D eigenvalue weighted by Crippen LogP contribution is 2.26. The Balaban J connectivity index is 0.000000113. The molecule has 48 heteroatoms. The lowest BCUT2D eigenvalue weighted by molar-refractivity contribution is 0.0696. The van der Waals surface area contributed by atoms with Crippen molar-refractivity contribution in [2.75, 3.05) is 0 Å². The van der Waals surface area contributed by atoms with E-state index in [2.05, 4.69) is 206 Å². The normalized spacial score (nSPS) is 10.4. The summed E-state index contributed by atoms with van der Waals surface area (Å²) in [5, 5.41) is 127. The molecule has 0 aliphatic carbocycles. The summed E-state index contributed by atoms with van der Waals surface area (Å²) in [5.74, 6) is 1.98. The van der Waals surface area contributed by atoms with E-state index < -0.39 is 5.97 Å². The molecule has 0 atom stereocenters. The van der Waals surface area contributed by atoms with Crippen LogP contribution in [0.25, 0.3) is 107 Å². The topological polar surface area (TPSA) is 568 Å². The number of aryl methyl sites for hydroxylation is 2. The number of benzene rings is 5. The molecule has 45 nitrogen and oxygen atoms in total. The van der Waals surface area contributed by atoms with Crippen LogP contribution in [0.1, 0.15) is 21.7 Å². The van der Waals surface area contributed by atoms with Crippen LogP contribution in [0.5, 0.6) is 0 Å². The summed E-state index contributed by atoms with van der Waals surface area (Å²) in [5.41, 5.74) is 8.95. The fourth-order valence-electron chi connectivity index (χ4n) is 9.61. The molecule has 0 aliphatic heterocycles. The summed E-state index contributed by atoms with van der Waals surface area (Å²) in [6, 6.07) is 58.3. The summed E-state index contributed by atoms with van der Waals surface area (Å²) in [6.07, 6.45) is 10.5. The van der Waals surface area contributed by atoms with Gasteiger partial charge in [0.05, 0.1) is 22.5 Å². The molecular weight excluding hydrogens is 1580 g/mol. The van der Waals surface area contributed by atoms with Gasteiger partial charge in [0, 0.05) is 74.7 Å². The first kappa shape index (κ1) is 76.0. The number of halogens is 3. The first-order valence-corrected chi connectivity index (χ1v) is 34.2. The van der Waals surface area contributed by atoms with E-state index in [-0.39, 0.29) is 22.2 Å². The highest BCUT2D eigenvalue weighted by atomic mass is 79.9. The van der Waals surface area contributed by atoms with Gasteiger partial charge in [0.25, 0.3) is 11.3 Å². The molecule has 114 heavy (non-hydrogen) atoms. The molecule has 0 amide bonds. The maximum atomic E-state index is 11.1. The zero-order valence-corrected chi connectivity index (χ0v) is 61.4.